The fraction of sp³-hybridized carbons (Fsp3) is 0.455. The van der Waals surface area contributed by atoms with Gasteiger partial charge >= 0.3 is 0 Å². The second-order valence-corrected chi connectivity index (χ2v) is 3.24. The van der Waals surface area contributed by atoms with Crippen molar-refractivity contribution in [3.63, 3.8) is 0 Å². The number of rotatable bonds is 4. The van der Waals surface area contributed by atoms with E-state index >= 15 is 0 Å². The third-order valence-corrected chi connectivity index (χ3v) is 2.26. The molecule has 0 radical (unpaired) electrons. The van der Waals surface area contributed by atoms with E-state index in [-0.39, 0.29) is 5.82 Å². The van der Waals surface area contributed by atoms with Crippen LogP contribution in [-0.4, -0.2) is 25.0 Å². The van der Waals surface area contributed by atoms with Gasteiger partial charge < -0.3 is 4.90 Å². The zero-order chi connectivity index (χ0) is 9.68. The van der Waals surface area contributed by atoms with Crippen LogP contribution in [0.25, 0.3) is 0 Å². The summed E-state index contributed by atoms with van der Waals surface area (Å²) in [4.78, 5) is 2.17. The van der Waals surface area contributed by atoms with E-state index in [2.05, 4.69) is 11.8 Å². The normalized spacial score (nSPS) is 10.8. The van der Waals surface area contributed by atoms with Crippen molar-refractivity contribution < 1.29 is 4.39 Å². The molecule has 1 rings (SSSR count). The first-order valence-electron chi connectivity index (χ1n) is 4.66. The molecular formula is C11H16FN. The Morgan fingerprint density at radius 1 is 1.31 bits per heavy atom. The average Bonchev–Trinajstić information content (AvgIpc) is 2.16. The number of hydrogen-bond acceptors (Lipinski definition) is 1. The van der Waals surface area contributed by atoms with Gasteiger partial charge in [-0.3, -0.25) is 0 Å². The monoisotopic (exact) mass is 181 g/mol. The highest BCUT2D eigenvalue weighted by atomic mass is 19.1. The Balaban J connectivity index is 2.50. The number of likely N-dealkylation sites (N-methyl/N-ethyl adjacent to an activating group) is 1. The fourth-order valence-corrected chi connectivity index (χ4v) is 1.17. The van der Waals surface area contributed by atoms with Crippen molar-refractivity contribution in [2.45, 2.75) is 13.3 Å². The summed E-state index contributed by atoms with van der Waals surface area (Å²) in [5, 5.41) is 0. The maximum absolute atomic E-state index is 13.1. The minimum absolute atomic E-state index is 0.0907. The maximum atomic E-state index is 13.1. The third-order valence-electron chi connectivity index (χ3n) is 2.26. The zero-order valence-electron chi connectivity index (χ0n) is 8.26. The molecule has 1 aromatic rings. The summed E-state index contributed by atoms with van der Waals surface area (Å²) in [5.41, 5.74) is 0.808. The van der Waals surface area contributed by atoms with Crippen LogP contribution in [0.3, 0.4) is 0 Å². The van der Waals surface area contributed by atoms with Gasteiger partial charge in [0.1, 0.15) is 5.82 Å². The number of nitrogens with zero attached hydrogens (tertiary/aromatic N) is 1. The number of hydrogen-bond donors (Lipinski definition) is 0. The first-order valence-corrected chi connectivity index (χ1v) is 4.66. The summed E-state index contributed by atoms with van der Waals surface area (Å²) in [6, 6.07) is 6.97. The Labute approximate surface area is 79.2 Å². The quantitative estimate of drug-likeness (QED) is 0.689. The van der Waals surface area contributed by atoms with Gasteiger partial charge in [-0.1, -0.05) is 25.1 Å². The van der Waals surface area contributed by atoms with Gasteiger partial charge in [0.25, 0.3) is 0 Å². The number of benzene rings is 1. The molecule has 13 heavy (non-hydrogen) atoms. The molecule has 0 aliphatic heterocycles. The first-order chi connectivity index (χ1) is 6.24. The molecule has 0 N–H and O–H groups in total. The van der Waals surface area contributed by atoms with Gasteiger partial charge in [0.15, 0.2) is 0 Å². The Morgan fingerprint density at radius 3 is 2.62 bits per heavy atom. The van der Waals surface area contributed by atoms with Gasteiger partial charge in [0.2, 0.25) is 0 Å². The minimum atomic E-state index is -0.0907. The lowest BCUT2D eigenvalue weighted by Gasteiger charge is -2.13. The van der Waals surface area contributed by atoms with Gasteiger partial charge in [-0.15, -0.1) is 0 Å². The molecule has 0 atom stereocenters. The largest absolute Gasteiger partial charge is 0.306 e. The van der Waals surface area contributed by atoms with Crippen molar-refractivity contribution >= 4 is 0 Å². The minimum Gasteiger partial charge on any atom is -0.306 e. The van der Waals surface area contributed by atoms with E-state index in [1.54, 1.807) is 6.07 Å². The molecule has 0 unspecified atom stereocenters. The van der Waals surface area contributed by atoms with E-state index < -0.39 is 0 Å². The van der Waals surface area contributed by atoms with Crippen LogP contribution >= 0.6 is 0 Å². The molecule has 0 spiro atoms. The predicted octanol–water partition coefficient (Wildman–Crippen LogP) is 2.32. The average molecular weight is 181 g/mol. The van der Waals surface area contributed by atoms with Crippen LogP contribution in [-0.2, 0) is 6.42 Å². The topological polar surface area (TPSA) is 3.24 Å². The van der Waals surface area contributed by atoms with Crippen molar-refractivity contribution in [3.8, 4) is 0 Å². The summed E-state index contributed by atoms with van der Waals surface area (Å²) in [7, 11) is 2.04. The molecule has 0 aliphatic rings. The summed E-state index contributed by atoms with van der Waals surface area (Å²) in [6.45, 7) is 4.02. The molecule has 2 heteroatoms. The van der Waals surface area contributed by atoms with E-state index in [4.69, 9.17) is 0 Å². The lowest BCUT2D eigenvalue weighted by Crippen LogP contribution is -2.20. The van der Waals surface area contributed by atoms with Gasteiger partial charge in [-0.2, -0.15) is 0 Å². The summed E-state index contributed by atoms with van der Waals surface area (Å²) < 4.78 is 13.1. The van der Waals surface area contributed by atoms with Gasteiger partial charge in [-0.25, -0.2) is 4.39 Å². The first kappa shape index (κ1) is 10.2. The molecule has 0 amide bonds. The zero-order valence-corrected chi connectivity index (χ0v) is 8.26. The van der Waals surface area contributed by atoms with Crippen molar-refractivity contribution in [2.75, 3.05) is 20.1 Å². The Hall–Kier alpha value is -0.890. The summed E-state index contributed by atoms with van der Waals surface area (Å²) >= 11 is 0. The molecule has 0 fully saturated rings. The predicted molar refractivity (Wildman–Crippen MR) is 53.3 cm³/mol. The molecule has 1 nitrogen and oxygen atoms in total. The highest BCUT2D eigenvalue weighted by Gasteiger charge is 2.01. The van der Waals surface area contributed by atoms with Crippen LogP contribution in [0.5, 0.6) is 0 Å². The van der Waals surface area contributed by atoms with Crippen LogP contribution in [0, 0.1) is 5.82 Å². The van der Waals surface area contributed by atoms with E-state index in [1.165, 1.54) is 6.07 Å². The SMILES string of the molecule is CCN(C)CCc1ccccc1F. The van der Waals surface area contributed by atoms with E-state index in [1.807, 2.05) is 19.2 Å². The molecule has 1 aromatic carbocycles. The van der Waals surface area contributed by atoms with Gasteiger partial charge in [-0.05, 0) is 31.6 Å². The van der Waals surface area contributed by atoms with Crippen LogP contribution in [0.15, 0.2) is 24.3 Å². The highest BCUT2D eigenvalue weighted by Crippen LogP contribution is 2.07. The third kappa shape index (κ3) is 3.15. The van der Waals surface area contributed by atoms with Crippen molar-refractivity contribution in [3.05, 3.63) is 35.6 Å². The lowest BCUT2D eigenvalue weighted by molar-refractivity contribution is 0.355. The van der Waals surface area contributed by atoms with Crippen molar-refractivity contribution in [1.29, 1.82) is 0 Å². The van der Waals surface area contributed by atoms with E-state index in [9.17, 15) is 4.39 Å². The Morgan fingerprint density at radius 2 is 2.00 bits per heavy atom. The number of halogens is 1. The standard InChI is InChI=1S/C11H16FN/c1-3-13(2)9-8-10-6-4-5-7-11(10)12/h4-7H,3,8-9H2,1-2H3. The molecular weight excluding hydrogens is 165 g/mol. The molecule has 0 bridgehead atoms. The Kier molecular flexibility index (Phi) is 3.90. The molecule has 0 saturated heterocycles. The van der Waals surface area contributed by atoms with Crippen LogP contribution in [0.1, 0.15) is 12.5 Å². The fourth-order valence-electron chi connectivity index (χ4n) is 1.17. The van der Waals surface area contributed by atoms with E-state index in [0.29, 0.717) is 0 Å². The summed E-state index contributed by atoms with van der Waals surface area (Å²) in [5.74, 6) is -0.0907. The van der Waals surface area contributed by atoms with Gasteiger partial charge in [0.05, 0.1) is 0 Å². The molecule has 72 valence electrons. The van der Waals surface area contributed by atoms with Crippen molar-refractivity contribution in [2.24, 2.45) is 0 Å². The van der Waals surface area contributed by atoms with Gasteiger partial charge in [0, 0.05) is 6.54 Å². The lowest BCUT2D eigenvalue weighted by atomic mass is 10.1. The smallest absolute Gasteiger partial charge is 0.126 e. The molecule has 0 aromatic heterocycles. The highest BCUT2D eigenvalue weighted by molar-refractivity contribution is 5.17. The molecule has 0 aliphatic carbocycles. The van der Waals surface area contributed by atoms with Crippen LogP contribution in [0.2, 0.25) is 0 Å². The van der Waals surface area contributed by atoms with Crippen LogP contribution < -0.4 is 0 Å². The molecule has 0 heterocycles. The second kappa shape index (κ2) is 4.97. The van der Waals surface area contributed by atoms with Crippen LogP contribution in [0.4, 0.5) is 4.39 Å². The van der Waals surface area contributed by atoms with Crippen molar-refractivity contribution in [1.82, 2.24) is 4.90 Å². The maximum Gasteiger partial charge on any atom is 0.126 e. The second-order valence-electron chi connectivity index (χ2n) is 3.24. The van der Waals surface area contributed by atoms with E-state index in [0.717, 1.165) is 25.1 Å². The Bertz CT molecular complexity index is 260. The molecule has 0 saturated carbocycles. The summed E-state index contributed by atoms with van der Waals surface area (Å²) in [6.07, 6.45) is 0.789.